The van der Waals surface area contributed by atoms with Gasteiger partial charge in [-0.3, -0.25) is 21.2 Å². The standard InChI is InChI=1S/C18H13F2N5O2/c1-7-12-14-13(10(19)6-11(26)15(14)20)16(22-18(12)24-23-7)8-3-2-4-9(5-8)17(21)25-27/h2-6,26-27H,1H3,(H2,21,25)(H,22,23,24). The zero-order valence-corrected chi connectivity index (χ0v) is 13.9. The fraction of sp³-hybridized carbons (Fsp3) is 0.0556. The number of hydroxylamine groups is 1. The lowest BCUT2D eigenvalue weighted by molar-refractivity contribution is 0.234. The Hall–Kier alpha value is -3.59. The number of amidine groups is 1. The summed E-state index contributed by atoms with van der Waals surface area (Å²) in [5.74, 6) is -2.87. The second-order valence-electron chi connectivity index (χ2n) is 6.00. The van der Waals surface area contributed by atoms with Crippen molar-refractivity contribution in [1.82, 2.24) is 20.7 Å². The number of rotatable bonds is 2. The molecule has 0 saturated carbocycles. The van der Waals surface area contributed by atoms with E-state index in [1.807, 2.05) is 0 Å². The van der Waals surface area contributed by atoms with Crippen molar-refractivity contribution in [3.8, 4) is 17.0 Å². The Morgan fingerprint density at radius 3 is 2.70 bits per heavy atom. The molecule has 0 unspecified atom stereocenters. The van der Waals surface area contributed by atoms with Crippen LogP contribution in [0.5, 0.6) is 5.75 Å². The topological polar surface area (TPSA) is 118 Å². The van der Waals surface area contributed by atoms with E-state index in [-0.39, 0.29) is 33.3 Å². The van der Waals surface area contributed by atoms with E-state index in [0.29, 0.717) is 22.9 Å². The summed E-state index contributed by atoms with van der Waals surface area (Å²) in [5, 5.41) is 33.1. The predicted molar refractivity (Wildman–Crippen MR) is 94.9 cm³/mol. The Labute approximate surface area is 150 Å². The zero-order chi connectivity index (χ0) is 19.3. The minimum absolute atomic E-state index is 0.108. The van der Waals surface area contributed by atoms with Crippen molar-refractivity contribution in [3.63, 3.8) is 0 Å². The minimum Gasteiger partial charge on any atom is -0.505 e. The van der Waals surface area contributed by atoms with Gasteiger partial charge in [0.15, 0.2) is 17.2 Å². The van der Waals surface area contributed by atoms with Crippen LogP contribution in [0.2, 0.25) is 0 Å². The Morgan fingerprint density at radius 2 is 1.96 bits per heavy atom. The van der Waals surface area contributed by atoms with Gasteiger partial charge in [-0.05, 0) is 13.0 Å². The number of aromatic hydroxyl groups is 1. The Balaban J connectivity index is 2.16. The quantitative estimate of drug-likeness (QED) is 0.211. The number of fused-ring (bicyclic) bond motifs is 3. The van der Waals surface area contributed by atoms with Crippen molar-refractivity contribution in [2.45, 2.75) is 6.92 Å². The SMILES string of the molecule is Cc1n[nH]c2nc(-c3cccc(C(=N)NO)c3)c3c(F)cc(O)c(F)c3c12. The molecule has 2 aromatic carbocycles. The molecule has 27 heavy (non-hydrogen) atoms. The van der Waals surface area contributed by atoms with E-state index < -0.39 is 17.4 Å². The molecular weight excluding hydrogens is 356 g/mol. The van der Waals surface area contributed by atoms with Crippen LogP contribution in [0.3, 0.4) is 0 Å². The van der Waals surface area contributed by atoms with Crippen molar-refractivity contribution < 1.29 is 19.1 Å². The monoisotopic (exact) mass is 369 g/mol. The van der Waals surface area contributed by atoms with Crippen molar-refractivity contribution in [2.24, 2.45) is 0 Å². The molecule has 2 heterocycles. The van der Waals surface area contributed by atoms with Crippen molar-refractivity contribution >= 4 is 27.6 Å². The van der Waals surface area contributed by atoms with Gasteiger partial charge >= 0.3 is 0 Å². The number of hydrogen-bond donors (Lipinski definition) is 5. The Bertz CT molecular complexity index is 1240. The van der Waals surface area contributed by atoms with Crippen LogP contribution < -0.4 is 5.48 Å². The number of aromatic amines is 1. The molecular formula is C18H13F2N5O2. The number of nitrogens with zero attached hydrogens (tertiary/aromatic N) is 2. The molecule has 0 bridgehead atoms. The molecule has 0 saturated heterocycles. The lowest BCUT2D eigenvalue weighted by atomic mass is 9.98. The lowest BCUT2D eigenvalue weighted by Gasteiger charge is -2.12. The first kappa shape index (κ1) is 16.9. The van der Waals surface area contributed by atoms with E-state index in [2.05, 4.69) is 15.2 Å². The maximum absolute atomic E-state index is 14.8. The fourth-order valence-corrected chi connectivity index (χ4v) is 3.14. The number of phenolic OH excluding ortho intramolecular Hbond substituents is 1. The van der Waals surface area contributed by atoms with Crippen LogP contribution in [0.15, 0.2) is 30.3 Å². The van der Waals surface area contributed by atoms with Gasteiger partial charge < -0.3 is 5.11 Å². The van der Waals surface area contributed by atoms with E-state index >= 15 is 0 Å². The summed E-state index contributed by atoms with van der Waals surface area (Å²) in [6.45, 7) is 1.62. The van der Waals surface area contributed by atoms with Crippen molar-refractivity contribution in [3.05, 3.63) is 53.2 Å². The normalized spacial score (nSPS) is 11.3. The maximum atomic E-state index is 14.8. The number of halogens is 2. The number of aromatic nitrogens is 3. The third kappa shape index (κ3) is 2.48. The number of hydrogen-bond acceptors (Lipinski definition) is 5. The molecule has 0 aliphatic heterocycles. The van der Waals surface area contributed by atoms with Crippen molar-refractivity contribution in [2.75, 3.05) is 0 Å². The van der Waals surface area contributed by atoms with Gasteiger partial charge in [0.05, 0.1) is 16.8 Å². The summed E-state index contributed by atoms with van der Waals surface area (Å²) in [6.07, 6.45) is 0. The van der Waals surface area contributed by atoms with E-state index in [0.717, 1.165) is 0 Å². The van der Waals surface area contributed by atoms with Gasteiger partial charge in [-0.15, -0.1) is 0 Å². The summed E-state index contributed by atoms with van der Waals surface area (Å²) >= 11 is 0. The molecule has 0 aliphatic rings. The van der Waals surface area contributed by atoms with Crippen LogP contribution in [0.25, 0.3) is 33.1 Å². The van der Waals surface area contributed by atoms with Gasteiger partial charge in [0.1, 0.15) is 11.7 Å². The molecule has 136 valence electrons. The smallest absolute Gasteiger partial charge is 0.173 e. The fourth-order valence-electron chi connectivity index (χ4n) is 3.14. The van der Waals surface area contributed by atoms with E-state index in [4.69, 9.17) is 10.6 Å². The molecule has 4 rings (SSSR count). The first-order valence-electron chi connectivity index (χ1n) is 7.87. The van der Waals surface area contributed by atoms with E-state index in [1.165, 1.54) is 6.07 Å². The third-order valence-corrected chi connectivity index (χ3v) is 4.37. The Morgan fingerprint density at radius 1 is 1.19 bits per heavy atom. The second kappa shape index (κ2) is 5.99. The van der Waals surface area contributed by atoms with Gasteiger partial charge in [0, 0.05) is 28.0 Å². The molecule has 9 heteroatoms. The summed E-state index contributed by atoms with van der Waals surface area (Å²) in [7, 11) is 0. The van der Waals surface area contributed by atoms with Crippen molar-refractivity contribution in [1.29, 1.82) is 5.41 Å². The van der Waals surface area contributed by atoms with E-state index in [1.54, 1.807) is 30.6 Å². The number of aryl methyl sites for hydroxylation is 1. The van der Waals surface area contributed by atoms with Gasteiger partial charge in [0.25, 0.3) is 0 Å². The summed E-state index contributed by atoms with van der Waals surface area (Å²) in [5.41, 5.74) is 3.23. The maximum Gasteiger partial charge on any atom is 0.173 e. The number of benzene rings is 2. The van der Waals surface area contributed by atoms with Crippen LogP contribution >= 0.6 is 0 Å². The lowest BCUT2D eigenvalue weighted by Crippen LogP contribution is -2.18. The molecule has 4 aromatic rings. The van der Waals surface area contributed by atoms with Gasteiger partial charge in [-0.1, -0.05) is 18.2 Å². The molecule has 0 amide bonds. The highest BCUT2D eigenvalue weighted by Crippen LogP contribution is 2.39. The largest absolute Gasteiger partial charge is 0.505 e. The van der Waals surface area contributed by atoms with Crippen LogP contribution in [-0.4, -0.2) is 31.3 Å². The highest BCUT2D eigenvalue weighted by atomic mass is 19.1. The molecule has 0 atom stereocenters. The number of phenols is 1. The molecule has 0 fully saturated rings. The molecule has 0 spiro atoms. The molecule has 2 aromatic heterocycles. The van der Waals surface area contributed by atoms with Crippen LogP contribution in [0.1, 0.15) is 11.3 Å². The number of nitrogens with one attached hydrogen (secondary N) is 3. The van der Waals surface area contributed by atoms with Gasteiger partial charge in [0.2, 0.25) is 0 Å². The highest BCUT2D eigenvalue weighted by Gasteiger charge is 2.22. The minimum atomic E-state index is -0.967. The second-order valence-corrected chi connectivity index (χ2v) is 6.00. The first-order valence-corrected chi connectivity index (χ1v) is 7.87. The number of H-pyrrole nitrogens is 1. The Kier molecular flexibility index (Phi) is 3.74. The molecule has 0 aliphatic carbocycles. The molecule has 5 N–H and O–H groups in total. The summed E-state index contributed by atoms with van der Waals surface area (Å²) in [6, 6.07) is 6.99. The predicted octanol–water partition coefficient (Wildman–Crippen LogP) is 3.37. The van der Waals surface area contributed by atoms with Gasteiger partial charge in [-0.25, -0.2) is 13.8 Å². The van der Waals surface area contributed by atoms with Crippen LogP contribution in [-0.2, 0) is 0 Å². The van der Waals surface area contributed by atoms with Crippen LogP contribution in [0, 0.1) is 24.0 Å². The molecule has 7 nitrogen and oxygen atoms in total. The average molecular weight is 369 g/mol. The van der Waals surface area contributed by atoms with Crippen LogP contribution in [0.4, 0.5) is 8.78 Å². The number of pyridine rings is 1. The molecule has 0 radical (unpaired) electrons. The summed E-state index contributed by atoms with van der Waals surface area (Å²) < 4.78 is 29.5. The first-order chi connectivity index (χ1) is 12.9. The zero-order valence-electron chi connectivity index (χ0n) is 13.9. The average Bonchev–Trinajstić information content (AvgIpc) is 3.05. The summed E-state index contributed by atoms with van der Waals surface area (Å²) in [4.78, 5) is 4.39. The third-order valence-electron chi connectivity index (χ3n) is 4.37. The highest BCUT2D eigenvalue weighted by molar-refractivity contribution is 6.12. The van der Waals surface area contributed by atoms with E-state index in [9.17, 15) is 13.9 Å². The van der Waals surface area contributed by atoms with Gasteiger partial charge in [-0.2, -0.15) is 5.10 Å².